The van der Waals surface area contributed by atoms with Gasteiger partial charge in [-0.1, -0.05) is 30.3 Å². The molecule has 0 aliphatic carbocycles. The number of ketones is 1. The van der Waals surface area contributed by atoms with E-state index in [4.69, 9.17) is 0 Å². The lowest BCUT2D eigenvalue weighted by molar-refractivity contribution is -0.124. The Kier molecular flexibility index (Phi) is 3.50. The molecule has 0 fully saturated rings. The molecule has 1 aliphatic rings. The quantitative estimate of drug-likeness (QED) is 0.725. The van der Waals surface area contributed by atoms with Crippen molar-refractivity contribution >= 4 is 17.8 Å². The van der Waals surface area contributed by atoms with E-state index in [1.165, 1.54) is 12.2 Å². The maximum Gasteiger partial charge on any atom is 0.250 e. The van der Waals surface area contributed by atoms with Crippen LogP contribution in [0.5, 0.6) is 0 Å². The Labute approximate surface area is 100 Å². The Morgan fingerprint density at radius 2 is 2.00 bits per heavy atom. The molecule has 0 spiro atoms. The molecule has 1 aromatic rings. The fraction of sp³-hybridized carbons (Fsp3) is 0.143. The van der Waals surface area contributed by atoms with E-state index in [0.717, 1.165) is 5.56 Å². The van der Waals surface area contributed by atoms with Crippen molar-refractivity contribution in [3.63, 3.8) is 0 Å². The molecule has 0 saturated carbocycles. The molecule has 0 unspecified atom stereocenters. The van der Waals surface area contributed by atoms with Gasteiger partial charge in [0.2, 0.25) is 0 Å². The number of amides is 1. The number of hydrogen-bond acceptors (Lipinski definition) is 2. The van der Waals surface area contributed by atoms with E-state index >= 15 is 0 Å². The van der Waals surface area contributed by atoms with Gasteiger partial charge in [0.1, 0.15) is 0 Å². The first-order valence-electron chi connectivity index (χ1n) is 5.50. The van der Waals surface area contributed by atoms with Crippen LogP contribution >= 0.6 is 0 Å². The lowest BCUT2D eigenvalue weighted by Crippen LogP contribution is -2.29. The SMILES string of the molecule is O=C1C=CN(C(=O)/C=C/c2ccccc2)CC1. The summed E-state index contributed by atoms with van der Waals surface area (Å²) in [5, 5.41) is 0. The molecule has 0 bridgehead atoms. The summed E-state index contributed by atoms with van der Waals surface area (Å²) in [6.45, 7) is 0.466. The Morgan fingerprint density at radius 1 is 1.24 bits per heavy atom. The maximum absolute atomic E-state index is 11.8. The van der Waals surface area contributed by atoms with Crippen molar-refractivity contribution in [3.8, 4) is 0 Å². The Bertz CT molecular complexity index is 474. The van der Waals surface area contributed by atoms with Crippen LogP contribution in [-0.4, -0.2) is 23.1 Å². The zero-order valence-corrected chi connectivity index (χ0v) is 9.37. The highest BCUT2D eigenvalue weighted by Crippen LogP contribution is 2.06. The summed E-state index contributed by atoms with van der Waals surface area (Å²) in [4.78, 5) is 24.3. The van der Waals surface area contributed by atoms with Gasteiger partial charge in [0.15, 0.2) is 5.78 Å². The molecule has 3 nitrogen and oxygen atoms in total. The van der Waals surface area contributed by atoms with Gasteiger partial charge in [-0.2, -0.15) is 0 Å². The van der Waals surface area contributed by atoms with Gasteiger partial charge < -0.3 is 4.90 Å². The molecular weight excluding hydrogens is 214 g/mol. The van der Waals surface area contributed by atoms with Gasteiger partial charge in [-0.3, -0.25) is 9.59 Å². The van der Waals surface area contributed by atoms with Crippen molar-refractivity contribution in [2.75, 3.05) is 6.54 Å². The molecule has 1 aromatic carbocycles. The van der Waals surface area contributed by atoms with Crippen molar-refractivity contribution in [2.45, 2.75) is 6.42 Å². The Balaban J connectivity index is 2.00. The molecule has 1 amide bonds. The van der Waals surface area contributed by atoms with Crippen molar-refractivity contribution in [1.82, 2.24) is 4.90 Å². The first kappa shape index (κ1) is 11.3. The minimum atomic E-state index is -0.0994. The van der Waals surface area contributed by atoms with Crippen LogP contribution in [0.1, 0.15) is 12.0 Å². The third-order valence-electron chi connectivity index (χ3n) is 2.54. The van der Waals surface area contributed by atoms with E-state index in [9.17, 15) is 9.59 Å². The number of allylic oxidation sites excluding steroid dienone is 1. The molecule has 0 saturated heterocycles. The standard InChI is InChI=1S/C14H13NO2/c16-13-8-10-15(11-9-13)14(17)7-6-12-4-2-1-3-5-12/h1-8,10H,9,11H2/b7-6+. The molecule has 3 heteroatoms. The first-order valence-corrected chi connectivity index (χ1v) is 5.50. The normalized spacial score (nSPS) is 15.5. The molecule has 0 N–H and O–H groups in total. The fourth-order valence-electron chi connectivity index (χ4n) is 1.57. The van der Waals surface area contributed by atoms with Crippen molar-refractivity contribution in [3.05, 3.63) is 54.2 Å². The van der Waals surface area contributed by atoms with E-state index in [2.05, 4.69) is 0 Å². The third-order valence-corrected chi connectivity index (χ3v) is 2.54. The summed E-state index contributed by atoms with van der Waals surface area (Å²) in [7, 11) is 0. The van der Waals surface area contributed by atoms with Crippen LogP contribution in [0.3, 0.4) is 0 Å². The second-order valence-corrected chi connectivity index (χ2v) is 3.81. The van der Waals surface area contributed by atoms with E-state index in [1.54, 1.807) is 17.2 Å². The highest BCUT2D eigenvalue weighted by atomic mass is 16.2. The maximum atomic E-state index is 11.8. The molecule has 17 heavy (non-hydrogen) atoms. The van der Waals surface area contributed by atoms with Gasteiger partial charge in [-0.15, -0.1) is 0 Å². The topological polar surface area (TPSA) is 37.4 Å². The smallest absolute Gasteiger partial charge is 0.250 e. The van der Waals surface area contributed by atoms with E-state index < -0.39 is 0 Å². The zero-order valence-electron chi connectivity index (χ0n) is 9.37. The number of carbonyl (C=O) groups is 2. The van der Waals surface area contributed by atoms with Gasteiger partial charge in [-0.25, -0.2) is 0 Å². The second-order valence-electron chi connectivity index (χ2n) is 3.81. The van der Waals surface area contributed by atoms with E-state index in [-0.39, 0.29) is 11.7 Å². The van der Waals surface area contributed by atoms with Crippen molar-refractivity contribution in [2.24, 2.45) is 0 Å². The highest BCUT2D eigenvalue weighted by molar-refractivity contribution is 5.96. The van der Waals surface area contributed by atoms with Gasteiger partial charge in [0.05, 0.1) is 0 Å². The van der Waals surface area contributed by atoms with Gasteiger partial charge in [-0.05, 0) is 17.7 Å². The fourth-order valence-corrected chi connectivity index (χ4v) is 1.57. The molecule has 86 valence electrons. The number of benzene rings is 1. The van der Waals surface area contributed by atoms with Crippen LogP contribution in [-0.2, 0) is 9.59 Å². The molecule has 2 rings (SSSR count). The van der Waals surface area contributed by atoms with Crippen LogP contribution in [0.25, 0.3) is 6.08 Å². The first-order chi connectivity index (χ1) is 8.25. The predicted octanol–water partition coefficient (Wildman–Crippen LogP) is 2.01. The summed E-state index contributed by atoms with van der Waals surface area (Å²) >= 11 is 0. The van der Waals surface area contributed by atoms with Crippen LogP contribution in [0.2, 0.25) is 0 Å². The van der Waals surface area contributed by atoms with Gasteiger partial charge >= 0.3 is 0 Å². The molecule has 1 heterocycles. The van der Waals surface area contributed by atoms with Crippen LogP contribution in [0.4, 0.5) is 0 Å². The van der Waals surface area contributed by atoms with Crippen LogP contribution in [0, 0.1) is 0 Å². The summed E-state index contributed by atoms with van der Waals surface area (Å²) < 4.78 is 0. The summed E-state index contributed by atoms with van der Waals surface area (Å²) in [5.74, 6) is -0.0290. The van der Waals surface area contributed by atoms with Crippen LogP contribution in [0.15, 0.2) is 48.7 Å². The zero-order chi connectivity index (χ0) is 12.1. The molecule has 0 aromatic heterocycles. The number of carbonyl (C=O) groups excluding carboxylic acids is 2. The summed E-state index contributed by atoms with van der Waals surface area (Å²) in [6, 6.07) is 9.63. The average Bonchev–Trinajstić information content (AvgIpc) is 2.38. The largest absolute Gasteiger partial charge is 0.315 e. The molecule has 0 radical (unpaired) electrons. The molecule has 1 aliphatic heterocycles. The van der Waals surface area contributed by atoms with Crippen molar-refractivity contribution in [1.29, 1.82) is 0 Å². The number of hydrogen-bond donors (Lipinski definition) is 0. The lowest BCUT2D eigenvalue weighted by Gasteiger charge is -2.18. The highest BCUT2D eigenvalue weighted by Gasteiger charge is 2.13. The Hall–Kier alpha value is -2.16. The number of rotatable bonds is 2. The molecule has 0 atom stereocenters. The minimum absolute atomic E-state index is 0.0705. The van der Waals surface area contributed by atoms with E-state index in [0.29, 0.717) is 13.0 Å². The summed E-state index contributed by atoms with van der Waals surface area (Å²) in [5.41, 5.74) is 0.984. The Morgan fingerprint density at radius 3 is 2.65 bits per heavy atom. The van der Waals surface area contributed by atoms with Gasteiger partial charge in [0.25, 0.3) is 5.91 Å². The van der Waals surface area contributed by atoms with Gasteiger partial charge in [0, 0.05) is 25.2 Å². The second kappa shape index (κ2) is 5.25. The van der Waals surface area contributed by atoms with Crippen molar-refractivity contribution < 1.29 is 9.59 Å². The number of nitrogens with zero attached hydrogens (tertiary/aromatic N) is 1. The predicted molar refractivity (Wildman–Crippen MR) is 66.0 cm³/mol. The summed E-state index contributed by atoms with van der Waals surface area (Å²) in [6.07, 6.45) is 6.69. The van der Waals surface area contributed by atoms with E-state index in [1.807, 2.05) is 30.3 Å². The van der Waals surface area contributed by atoms with Crippen LogP contribution < -0.4 is 0 Å². The monoisotopic (exact) mass is 227 g/mol. The lowest BCUT2D eigenvalue weighted by atomic mass is 10.2. The third kappa shape index (κ3) is 3.14. The average molecular weight is 227 g/mol. The minimum Gasteiger partial charge on any atom is -0.315 e. The molecular formula is C14H13NO2.